The number of hydrogen-bond donors (Lipinski definition) is 2. The summed E-state index contributed by atoms with van der Waals surface area (Å²) in [5.41, 5.74) is 2.19. The Morgan fingerprint density at radius 2 is 1.90 bits per heavy atom. The van der Waals surface area contributed by atoms with E-state index in [0.29, 0.717) is 28.2 Å². The van der Waals surface area contributed by atoms with Gasteiger partial charge in [-0.15, -0.1) is 0 Å². The third-order valence-electron chi connectivity index (χ3n) is 4.76. The highest BCUT2D eigenvalue weighted by Crippen LogP contribution is 2.30. The second-order valence-electron chi connectivity index (χ2n) is 7.16. The van der Waals surface area contributed by atoms with Gasteiger partial charge in [-0.05, 0) is 54.3 Å². The van der Waals surface area contributed by atoms with Crippen LogP contribution in [0.4, 0.5) is 0 Å². The highest BCUT2D eigenvalue weighted by molar-refractivity contribution is 6.30. The molecule has 8 heteroatoms. The standard InChI is InChI=1S/C23H22ClNO6/c1-3-15-11-21(27)31-19-9-13(2)8-18(22(15)19)30-12-20(26)25-17(23(28)29)10-14-4-6-16(24)7-5-14/h4-9,11,17H,3,10,12H2,1-2H3,(H,25,26)(H,28,29)/t17-/m1/s1. The number of rotatable bonds is 8. The van der Waals surface area contributed by atoms with Gasteiger partial charge in [-0.25, -0.2) is 9.59 Å². The topological polar surface area (TPSA) is 106 Å². The first kappa shape index (κ1) is 22.4. The first-order chi connectivity index (χ1) is 14.8. The molecule has 1 atom stereocenters. The van der Waals surface area contributed by atoms with Crippen molar-refractivity contribution in [2.45, 2.75) is 32.7 Å². The molecular formula is C23H22ClNO6. The van der Waals surface area contributed by atoms with Gasteiger partial charge in [0.05, 0.1) is 5.39 Å². The van der Waals surface area contributed by atoms with Crippen molar-refractivity contribution < 1.29 is 23.8 Å². The molecule has 0 bridgehead atoms. The Morgan fingerprint density at radius 1 is 1.19 bits per heavy atom. The van der Waals surface area contributed by atoms with Crippen molar-refractivity contribution in [1.82, 2.24) is 5.32 Å². The molecule has 0 unspecified atom stereocenters. The van der Waals surface area contributed by atoms with Crippen molar-refractivity contribution in [2.24, 2.45) is 0 Å². The van der Waals surface area contributed by atoms with Gasteiger partial charge in [-0.3, -0.25) is 4.79 Å². The van der Waals surface area contributed by atoms with Crippen LogP contribution >= 0.6 is 11.6 Å². The molecule has 0 saturated heterocycles. The molecule has 1 aromatic heterocycles. The molecule has 31 heavy (non-hydrogen) atoms. The Labute approximate surface area is 183 Å². The van der Waals surface area contributed by atoms with Gasteiger partial charge in [0.1, 0.15) is 17.4 Å². The molecule has 0 aliphatic carbocycles. The fraction of sp³-hybridized carbons (Fsp3) is 0.261. The monoisotopic (exact) mass is 443 g/mol. The summed E-state index contributed by atoms with van der Waals surface area (Å²) in [5.74, 6) is -1.33. The van der Waals surface area contributed by atoms with Gasteiger partial charge in [0.15, 0.2) is 6.61 Å². The molecule has 0 spiro atoms. The lowest BCUT2D eigenvalue weighted by Gasteiger charge is -2.16. The van der Waals surface area contributed by atoms with Crippen LogP contribution in [0.3, 0.4) is 0 Å². The second kappa shape index (κ2) is 9.66. The Morgan fingerprint density at radius 3 is 2.55 bits per heavy atom. The molecule has 3 rings (SSSR count). The van der Waals surface area contributed by atoms with Gasteiger partial charge < -0.3 is 19.6 Å². The molecule has 0 saturated carbocycles. The van der Waals surface area contributed by atoms with Crippen LogP contribution in [0.25, 0.3) is 11.0 Å². The highest BCUT2D eigenvalue weighted by atomic mass is 35.5. The third kappa shape index (κ3) is 5.64. The summed E-state index contributed by atoms with van der Waals surface area (Å²) in [6.45, 7) is 3.33. The molecule has 2 aromatic carbocycles. The molecule has 0 fully saturated rings. The van der Waals surface area contributed by atoms with E-state index in [2.05, 4.69) is 5.32 Å². The Bertz CT molecular complexity index is 1170. The number of amides is 1. The smallest absolute Gasteiger partial charge is 0.336 e. The average molecular weight is 444 g/mol. The van der Waals surface area contributed by atoms with E-state index in [1.54, 1.807) is 36.4 Å². The molecule has 1 heterocycles. The number of ether oxygens (including phenoxy) is 1. The molecule has 1 amide bonds. The summed E-state index contributed by atoms with van der Waals surface area (Å²) in [6, 6.07) is 10.5. The van der Waals surface area contributed by atoms with Gasteiger partial charge in [0.25, 0.3) is 5.91 Å². The summed E-state index contributed by atoms with van der Waals surface area (Å²) in [4.78, 5) is 35.8. The summed E-state index contributed by atoms with van der Waals surface area (Å²) >= 11 is 5.85. The van der Waals surface area contributed by atoms with E-state index < -0.39 is 23.5 Å². The summed E-state index contributed by atoms with van der Waals surface area (Å²) in [6.07, 6.45) is 0.687. The minimum absolute atomic E-state index is 0.108. The van der Waals surface area contributed by atoms with Crippen LogP contribution in [0, 0.1) is 6.92 Å². The number of aliphatic carboxylic acids is 1. The molecular weight excluding hydrogens is 422 g/mol. The maximum Gasteiger partial charge on any atom is 0.336 e. The summed E-state index contributed by atoms with van der Waals surface area (Å²) in [7, 11) is 0. The number of benzene rings is 2. The first-order valence-corrected chi connectivity index (χ1v) is 10.1. The predicted molar refractivity (Wildman–Crippen MR) is 117 cm³/mol. The van der Waals surface area contributed by atoms with E-state index in [9.17, 15) is 19.5 Å². The number of carbonyl (C=O) groups excluding carboxylic acids is 1. The van der Waals surface area contributed by atoms with Crippen LogP contribution in [-0.4, -0.2) is 29.6 Å². The average Bonchev–Trinajstić information content (AvgIpc) is 2.71. The minimum Gasteiger partial charge on any atom is -0.483 e. The Hall–Kier alpha value is -3.32. The maximum atomic E-state index is 12.4. The van der Waals surface area contributed by atoms with Crippen LogP contribution < -0.4 is 15.7 Å². The predicted octanol–water partition coefficient (Wildman–Crippen LogP) is 3.51. The number of hydrogen-bond acceptors (Lipinski definition) is 5. The summed E-state index contributed by atoms with van der Waals surface area (Å²) < 4.78 is 11.0. The van der Waals surface area contributed by atoms with E-state index in [1.807, 2.05) is 13.8 Å². The highest BCUT2D eigenvalue weighted by Gasteiger charge is 2.21. The van der Waals surface area contributed by atoms with Crippen molar-refractivity contribution in [3.63, 3.8) is 0 Å². The zero-order chi connectivity index (χ0) is 22.5. The van der Waals surface area contributed by atoms with E-state index >= 15 is 0 Å². The van der Waals surface area contributed by atoms with E-state index in [0.717, 1.165) is 16.7 Å². The lowest BCUT2D eigenvalue weighted by molar-refractivity contribution is -0.142. The van der Waals surface area contributed by atoms with Crippen molar-refractivity contribution in [3.8, 4) is 5.75 Å². The molecule has 2 N–H and O–H groups in total. The largest absolute Gasteiger partial charge is 0.483 e. The minimum atomic E-state index is -1.15. The number of carbonyl (C=O) groups is 2. The second-order valence-corrected chi connectivity index (χ2v) is 7.59. The number of nitrogens with one attached hydrogen (secondary N) is 1. The SMILES string of the molecule is CCc1cc(=O)oc2cc(C)cc(OCC(=O)N[C@H](Cc3ccc(Cl)cc3)C(=O)O)c12. The Kier molecular flexibility index (Phi) is 6.97. The van der Waals surface area contributed by atoms with E-state index in [1.165, 1.54) is 6.07 Å². The fourth-order valence-corrected chi connectivity index (χ4v) is 3.42. The van der Waals surface area contributed by atoms with Crippen LogP contribution in [0.1, 0.15) is 23.6 Å². The number of halogens is 1. The molecule has 0 aliphatic rings. The zero-order valence-electron chi connectivity index (χ0n) is 17.1. The molecule has 0 radical (unpaired) electrons. The lowest BCUT2D eigenvalue weighted by atomic mass is 10.0. The van der Waals surface area contributed by atoms with Crippen LogP contribution in [0.5, 0.6) is 5.75 Å². The fourth-order valence-electron chi connectivity index (χ4n) is 3.30. The van der Waals surface area contributed by atoms with Gasteiger partial charge in [-0.1, -0.05) is 30.7 Å². The van der Waals surface area contributed by atoms with Crippen LogP contribution in [0.15, 0.2) is 51.7 Å². The third-order valence-corrected chi connectivity index (χ3v) is 5.01. The van der Waals surface area contributed by atoms with E-state index in [4.69, 9.17) is 20.8 Å². The quantitative estimate of drug-likeness (QED) is 0.516. The van der Waals surface area contributed by atoms with Crippen molar-refractivity contribution in [2.75, 3.05) is 6.61 Å². The Balaban J connectivity index is 1.75. The number of carboxylic acids is 1. The summed E-state index contributed by atoms with van der Waals surface area (Å²) in [5, 5.41) is 13.1. The van der Waals surface area contributed by atoms with Crippen molar-refractivity contribution >= 4 is 34.4 Å². The van der Waals surface area contributed by atoms with E-state index in [-0.39, 0.29) is 13.0 Å². The zero-order valence-corrected chi connectivity index (χ0v) is 17.9. The van der Waals surface area contributed by atoms with Crippen LogP contribution in [-0.2, 0) is 22.4 Å². The molecule has 0 aliphatic heterocycles. The van der Waals surface area contributed by atoms with Gasteiger partial charge in [0.2, 0.25) is 0 Å². The number of carboxylic acid groups (broad SMARTS) is 1. The molecule has 3 aromatic rings. The molecule has 7 nitrogen and oxygen atoms in total. The van der Waals surface area contributed by atoms with Gasteiger partial charge in [-0.2, -0.15) is 0 Å². The normalized spacial score (nSPS) is 11.8. The van der Waals surface area contributed by atoms with Crippen molar-refractivity contribution in [1.29, 1.82) is 0 Å². The van der Waals surface area contributed by atoms with Crippen LogP contribution in [0.2, 0.25) is 5.02 Å². The van der Waals surface area contributed by atoms with Crippen molar-refractivity contribution in [3.05, 3.63) is 74.6 Å². The number of fused-ring (bicyclic) bond motifs is 1. The maximum absolute atomic E-state index is 12.4. The number of aryl methyl sites for hydroxylation is 2. The van der Waals surface area contributed by atoms with Gasteiger partial charge >= 0.3 is 11.6 Å². The molecule has 162 valence electrons. The lowest BCUT2D eigenvalue weighted by Crippen LogP contribution is -2.44. The van der Waals surface area contributed by atoms with Gasteiger partial charge in [0, 0.05) is 17.5 Å². The first-order valence-electron chi connectivity index (χ1n) is 9.73.